The number of hydrogen-bond donors (Lipinski definition) is 0. The number of rotatable bonds is 10. The second-order valence-electron chi connectivity index (χ2n) is 12.5. The van der Waals surface area contributed by atoms with Gasteiger partial charge in [-0.2, -0.15) is 0 Å². The summed E-state index contributed by atoms with van der Waals surface area (Å²) < 4.78 is 44.8. The molecule has 0 N–H and O–H groups in total. The lowest BCUT2D eigenvalue weighted by Gasteiger charge is -2.35. The standard InChI is InChI=1S/C39H45F3/c1-3-5-7-8-27-10-12-28(13-11-27)29-14-16-30(17-15-29)34-23-24-35(37(40)26-34)31-18-20-32(21-19-31)36-25-22-33(9-6-4-2)38(41)39(36)42/h3,5,16,18-29H,4,6-15,17H2,1-2H3. The minimum atomic E-state index is -0.817. The predicted octanol–water partition coefficient (Wildman–Crippen LogP) is 12.1. The van der Waals surface area contributed by atoms with Crippen LogP contribution in [0.15, 0.2) is 72.8 Å². The van der Waals surface area contributed by atoms with Crippen LogP contribution < -0.4 is 0 Å². The molecule has 1 atom stereocenters. The van der Waals surface area contributed by atoms with Crippen LogP contribution in [0.25, 0.3) is 27.8 Å². The van der Waals surface area contributed by atoms with Crippen molar-refractivity contribution in [2.24, 2.45) is 17.8 Å². The maximum Gasteiger partial charge on any atom is 0.166 e. The summed E-state index contributed by atoms with van der Waals surface area (Å²) in [6.45, 7) is 4.13. The second-order valence-corrected chi connectivity index (χ2v) is 12.5. The topological polar surface area (TPSA) is 0 Å². The predicted molar refractivity (Wildman–Crippen MR) is 171 cm³/mol. The van der Waals surface area contributed by atoms with E-state index in [1.807, 2.05) is 19.1 Å². The van der Waals surface area contributed by atoms with Gasteiger partial charge in [-0.05, 0) is 116 Å². The average Bonchev–Trinajstić information content (AvgIpc) is 3.02. The Kier molecular flexibility index (Phi) is 10.4. The lowest BCUT2D eigenvalue weighted by atomic mass is 9.70. The van der Waals surface area contributed by atoms with E-state index in [1.165, 1.54) is 50.5 Å². The first-order valence-corrected chi connectivity index (χ1v) is 16.2. The average molecular weight is 571 g/mol. The van der Waals surface area contributed by atoms with Crippen LogP contribution in [0, 0.1) is 35.2 Å². The van der Waals surface area contributed by atoms with Gasteiger partial charge in [-0.3, -0.25) is 0 Å². The van der Waals surface area contributed by atoms with Gasteiger partial charge in [-0.1, -0.05) is 92.9 Å². The Bertz CT molecular complexity index is 1390. The zero-order chi connectivity index (χ0) is 29.5. The molecule has 0 heterocycles. The summed E-state index contributed by atoms with van der Waals surface area (Å²) in [5.74, 6) is 0.666. The molecule has 0 amide bonds. The van der Waals surface area contributed by atoms with Gasteiger partial charge in [0.2, 0.25) is 0 Å². The fourth-order valence-corrected chi connectivity index (χ4v) is 7.14. The van der Waals surface area contributed by atoms with Crippen molar-refractivity contribution in [3.63, 3.8) is 0 Å². The number of unbranched alkanes of at least 4 members (excludes halogenated alkanes) is 1. The van der Waals surface area contributed by atoms with Gasteiger partial charge in [0.05, 0.1) is 0 Å². The third-order valence-electron chi connectivity index (χ3n) is 9.80. The van der Waals surface area contributed by atoms with Crippen molar-refractivity contribution in [3.05, 3.63) is 101 Å². The zero-order valence-corrected chi connectivity index (χ0v) is 25.3. The Morgan fingerprint density at radius 3 is 2.10 bits per heavy atom. The highest BCUT2D eigenvalue weighted by molar-refractivity contribution is 5.74. The third-order valence-corrected chi connectivity index (χ3v) is 9.80. The Labute approximate surface area is 250 Å². The van der Waals surface area contributed by atoms with Crippen LogP contribution >= 0.6 is 0 Å². The van der Waals surface area contributed by atoms with E-state index in [0.29, 0.717) is 23.1 Å². The van der Waals surface area contributed by atoms with Crippen molar-refractivity contribution >= 4 is 5.57 Å². The molecule has 2 aliphatic rings. The molecular formula is C39H45F3. The molecule has 3 aromatic carbocycles. The largest absolute Gasteiger partial charge is 0.206 e. The summed E-state index contributed by atoms with van der Waals surface area (Å²) in [6, 6.07) is 15.9. The first kappa shape index (κ1) is 30.4. The maximum atomic E-state index is 15.4. The molecular weight excluding hydrogens is 525 g/mol. The molecule has 0 radical (unpaired) electrons. The molecule has 0 nitrogen and oxygen atoms in total. The highest BCUT2D eigenvalue weighted by Gasteiger charge is 2.28. The van der Waals surface area contributed by atoms with E-state index in [-0.39, 0.29) is 11.4 Å². The summed E-state index contributed by atoms with van der Waals surface area (Å²) in [7, 11) is 0. The monoisotopic (exact) mass is 570 g/mol. The number of halogens is 3. The van der Waals surface area contributed by atoms with Crippen LogP contribution in [-0.2, 0) is 6.42 Å². The SMILES string of the molecule is CC=CCCC1CCC(C2CC=C(c3ccc(-c4ccc(-c5ccc(CCCC)c(F)c5F)cc4)c(F)c3)CC2)CC1. The van der Waals surface area contributed by atoms with Crippen LogP contribution in [0.2, 0.25) is 0 Å². The Morgan fingerprint density at radius 1 is 0.762 bits per heavy atom. The van der Waals surface area contributed by atoms with Gasteiger partial charge >= 0.3 is 0 Å². The molecule has 0 aromatic heterocycles. The van der Waals surface area contributed by atoms with E-state index in [9.17, 15) is 8.78 Å². The number of allylic oxidation sites excluding steroid dienone is 4. The molecule has 1 saturated carbocycles. The minimum absolute atomic E-state index is 0.232. The van der Waals surface area contributed by atoms with Crippen LogP contribution in [0.1, 0.15) is 95.6 Å². The molecule has 222 valence electrons. The fraction of sp³-hybridized carbons (Fsp3) is 0.436. The quantitative estimate of drug-likeness (QED) is 0.213. The van der Waals surface area contributed by atoms with Crippen molar-refractivity contribution in [2.45, 2.75) is 90.9 Å². The fourth-order valence-electron chi connectivity index (χ4n) is 7.14. The van der Waals surface area contributed by atoms with Crippen LogP contribution in [0.5, 0.6) is 0 Å². The first-order chi connectivity index (χ1) is 20.5. The van der Waals surface area contributed by atoms with Crippen molar-refractivity contribution in [1.82, 2.24) is 0 Å². The molecule has 0 aliphatic heterocycles. The van der Waals surface area contributed by atoms with Gasteiger partial charge < -0.3 is 0 Å². The number of aryl methyl sites for hydroxylation is 1. The Hall–Kier alpha value is -3.07. The van der Waals surface area contributed by atoms with Crippen molar-refractivity contribution in [1.29, 1.82) is 0 Å². The van der Waals surface area contributed by atoms with Crippen molar-refractivity contribution in [2.75, 3.05) is 0 Å². The van der Waals surface area contributed by atoms with E-state index < -0.39 is 11.6 Å². The van der Waals surface area contributed by atoms with E-state index in [0.717, 1.165) is 54.6 Å². The van der Waals surface area contributed by atoms with E-state index in [1.54, 1.807) is 42.5 Å². The van der Waals surface area contributed by atoms with Gasteiger partial charge in [0.25, 0.3) is 0 Å². The summed E-state index contributed by atoms with van der Waals surface area (Å²) >= 11 is 0. The molecule has 42 heavy (non-hydrogen) atoms. The number of benzene rings is 3. The van der Waals surface area contributed by atoms with Gasteiger partial charge in [-0.15, -0.1) is 0 Å². The zero-order valence-electron chi connectivity index (χ0n) is 25.3. The molecule has 3 aromatic rings. The Morgan fingerprint density at radius 2 is 1.45 bits per heavy atom. The molecule has 5 rings (SSSR count). The second kappa shape index (κ2) is 14.4. The summed E-state index contributed by atoms with van der Waals surface area (Å²) in [4.78, 5) is 0. The summed E-state index contributed by atoms with van der Waals surface area (Å²) in [6.07, 6.45) is 20.4. The minimum Gasteiger partial charge on any atom is -0.206 e. The van der Waals surface area contributed by atoms with Gasteiger partial charge in [-0.25, -0.2) is 13.2 Å². The van der Waals surface area contributed by atoms with Gasteiger partial charge in [0.1, 0.15) is 5.82 Å². The van der Waals surface area contributed by atoms with Crippen LogP contribution in [0.4, 0.5) is 13.2 Å². The van der Waals surface area contributed by atoms with Crippen molar-refractivity contribution < 1.29 is 13.2 Å². The molecule has 1 unspecified atom stereocenters. The molecule has 0 bridgehead atoms. The lowest BCUT2D eigenvalue weighted by molar-refractivity contribution is 0.190. The highest BCUT2D eigenvalue weighted by atomic mass is 19.2. The first-order valence-electron chi connectivity index (χ1n) is 16.2. The molecule has 2 aliphatic carbocycles. The van der Waals surface area contributed by atoms with E-state index in [2.05, 4.69) is 25.2 Å². The normalized spacial score (nSPS) is 21.1. The molecule has 1 fully saturated rings. The summed E-state index contributed by atoms with van der Waals surface area (Å²) in [5.41, 5.74) is 4.70. The maximum absolute atomic E-state index is 15.4. The lowest BCUT2D eigenvalue weighted by Crippen LogP contribution is -2.23. The van der Waals surface area contributed by atoms with Gasteiger partial charge in [0, 0.05) is 11.1 Å². The molecule has 0 spiro atoms. The smallest absolute Gasteiger partial charge is 0.166 e. The van der Waals surface area contributed by atoms with E-state index >= 15 is 4.39 Å². The van der Waals surface area contributed by atoms with E-state index in [4.69, 9.17) is 0 Å². The summed E-state index contributed by atoms with van der Waals surface area (Å²) in [5, 5.41) is 0. The highest BCUT2D eigenvalue weighted by Crippen LogP contribution is 2.42. The Balaban J connectivity index is 1.21. The molecule has 3 heteroatoms. The third kappa shape index (κ3) is 7.10. The van der Waals surface area contributed by atoms with Crippen molar-refractivity contribution in [3.8, 4) is 22.3 Å². The van der Waals surface area contributed by atoms with Gasteiger partial charge in [0.15, 0.2) is 11.6 Å². The number of hydrogen-bond acceptors (Lipinski definition) is 0. The molecule has 0 saturated heterocycles. The van der Waals surface area contributed by atoms with Crippen LogP contribution in [0.3, 0.4) is 0 Å². The van der Waals surface area contributed by atoms with Crippen LogP contribution in [-0.4, -0.2) is 0 Å².